The van der Waals surface area contributed by atoms with E-state index in [2.05, 4.69) is 142 Å². The number of halogens is 2. The molecule has 0 aliphatic rings. The molecule has 3 aromatic carbocycles. The molecule has 0 heterocycles. The topological polar surface area (TPSA) is 9.23 Å². The zero-order valence-corrected chi connectivity index (χ0v) is 21.5. The summed E-state index contributed by atoms with van der Waals surface area (Å²) in [5.74, 6) is 0.375. The second-order valence-electron chi connectivity index (χ2n) is 7.21. The number of hydrogen-bond acceptors (Lipinski definition) is 2. The monoisotopic (exact) mass is 586 g/mol. The van der Waals surface area contributed by atoms with Crippen molar-refractivity contribution in [3.8, 4) is 0 Å². The third kappa shape index (κ3) is 4.22. The van der Waals surface area contributed by atoms with Gasteiger partial charge in [-0.3, -0.25) is 0 Å². The Morgan fingerprint density at radius 2 is 1.14 bits per heavy atom. The van der Waals surface area contributed by atoms with E-state index in [9.17, 15) is 0 Å². The van der Waals surface area contributed by atoms with Crippen molar-refractivity contribution in [1.29, 1.82) is 0 Å². The predicted octanol–water partition coefficient (Wildman–Crippen LogP) is 6.87. The van der Waals surface area contributed by atoms with Gasteiger partial charge in [-0.1, -0.05) is 0 Å². The fourth-order valence-electron chi connectivity index (χ4n) is 3.82. The van der Waals surface area contributed by atoms with Crippen molar-refractivity contribution in [3.63, 3.8) is 0 Å². The van der Waals surface area contributed by atoms with Crippen LogP contribution in [0.2, 0.25) is 0 Å². The Morgan fingerprint density at radius 3 is 1.46 bits per heavy atom. The van der Waals surface area contributed by atoms with Gasteiger partial charge < -0.3 is 0 Å². The molecule has 2 atom stereocenters. The van der Waals surface area contributed by atoms with Crippen LogP contribution in [0.4, 0.5) is 0 Å². The second-order valence-corrected chi connectivity index (χ2v) is 19.0. The van der Waals surface area contributed by atoms with Gasteiger partial charge in [-0.15, -0.1) is 0 Å². The molecule has 3 aromatic rings. The molecule has 0 aliphatic heterocycles. The van der Waals surface area contributed by atoms with Crippen LogP contribution in [-0.2, 0) is 4.18 Å². The molecule has 0 amide bonds. The van der Waals surface area contributed by atoms with Gasteiger partial charge in [0.1, 0.15) is 0 Å². The summed E-state index contributed by atoms with van der Waals surface area (Å²) in [6, 6.07) is 33.2. The first kappa shape index (κ1) is 22.3. The molecule has 0 radical (unpaired) electrons. The van der Waals surface area contributed by atoms with E-state index in [1.807, 2.05) is 0 Å². The van der Waals surface area contributed by atoms with E-state index in [0.717, 1.165) is 6.16 Å². The Kier molecular flexibility index (Phi) is 7.66. The summed E-state index contributed by atoms with van der Waals surface area (Å²) < 4.78 is 3.12. The second kappa shape index (κ2) is 9.61. The van der Waals surface area contributed by atoms with Gasteiger partial charge in [-0.2, -0.15) is 0 Å². The molecule has 1 nitrogen and oxygen atoms in total. The summed E-state index contributed by atoms with van der Waals surface area (Å²) in [7, 11) is 1.27. The van der Waals surface area contributed by atoms with Gasteiger partial charge in [0.15, 0.2) is 0 Å². The molecule has 148 valence electrons. The van der Waals surface area contributed by atoms with E-state index in [1.165, 1.54) is 26.4 Å². The number of benzene rings is 3. The maximum absolute atomic E-state index is 5.85. The van der Waals surface area contributed by atoms with Crippen LogP contribution in [0.1, 0.15) is 13.8 Å². The summed E-state index contributed by atoms with van der Waals surface area (Å²) in [4.78, 5) is 0. The van der Waals surface area contributed by atoms with Crippen LogP contribution in [0.25, 0.3) is 0 Å². The predicted molar refractivity (Wildman–Crippen MR) is 140 cm³/mol. The van der Waals surface area contributed by atoms with E-state index in [4.69, 9.17) is 4.18 Å². The Hall–Kier alpha value is -0.390. The van der Waals surface area contributed by atoms with Crippen LogP contribution in [0, 0.1) is 5.92 Å². The average molecular weight is 587 g/mol. The molecular weight excluding hydrogens is 562 g/mol. The molecule has 0 N–H and O–H groups in total. The quantitative estimate of drug-likeness (QED) is 0.162. The van der Waals surface area contributed by atoms with Crippen molar-refractivity contribution in [2.75, 3.05) is 6.16 Å². The van der Waals surface area contributed by atoms with Gasteiger partial charge in [-0.05, 0) is 0 Å². The summed E-state index contributed by atoms with van der Waals surface area (Å²) in [6.45, 7) is 4.47. The van der Waals surface area contributed by atoms with Gasteiger partial charge in [0.25, 0.3) is 0 Å². The molecule has 0 bridgehead atoms. The molecule has 3 rings (SSSR count). The summed E-state index contributed by atoms with van der Waals surface area (Å²) in [6.07, 6.45) is 1.18. The molecular formula is C23H25BrIOPS. The minimum absolute atomic E-state index is 0.136. The first-order valence-corrected chi connectivity index (χ1v) is 17.1. The SMILES string of the molecule is C[C@H](CP(I)(c1ccccc1)(c1ccccc1)c1ccccc1)[C@H](C)OSBr. The van der Waals surface area contributed by atoms with Gasteiger partial charge in [-0.25, -0.2) is 0 Å². The zero-order chi connectivity index (χ0) is 20.1. The molecule has 0 saturated heterocycles. The van der Waals surface area contributed by atoms with Crippen molar-refractivity contribution in [2.24, 2.45) is 5.92 Å². The fraction of sp³-hybridized carbons (Fsp3) is 0.217. The molecule has 0 saturated carbocycles. The molecule has 0 aromatic heterocycles. The Bertz CT molecular complexity index is 779. The summed E-state index contributed by atoms with van der Waals surface area (Å²) in [5, 5.41) is 4.24. The van der Waals surface area contributed by atoms with E-state index >= 15 is 0 Å². The minimum atomic E-state index is -2.73. The van der Waals surface area contributed by atoms with Gasteiger partial charge in [0.05, 0.1) is 0 Å². The van der Waals surface area contributed by atoms with E-state index < -0.39 is 4.25 Å². The van der Waals surface area contributed by atoms with E-state index in [-0.39, 0.29) is 6.10 Å². The molecule has 0 spiro atoms. The average Bonchev–Trinajstić information content (AvgIpc) is 2.76. The molecule has 0 aliphatic carbocycles. The third-order valence-corrected chi connectivity index (χ3v) is 17.9. The van der Waals surface area contributed by atoms with Crippen molar-refractivity contribution in [1.82, 2.24) is 0 Å². The van der Waals surface area contributed by atoms with Crippen LogP contribution < -0.4 is 15.9 Å². The Labute approximate surface area is 193 Å². The van der Waals surface area contributed by atoms with Crippen LogP contribution in [0.5, 0.6) is 0 Å². The molecule has 0 fully saturated rings. The first-order valence-electron chi connectivity index (χ1n) is 9.34. The number of hydrogen-bond donors (Lipinski definition) is 0. The normalized spacial score (nSPS) is 15.4. The van der Waals surface area contributed by atoms with Crippen LogP contribution >= 0.6 is 51.6 Å². The molecule has 28 heavy (non-hydrogen) atoms. The Balaban J connectivity index is 2.31. The van der Waals surface area contributed by atoms with E-state index in [1.54, 1.807) is 0 Å². The summed E-state index contributed by atoms with van der Waals surface area (Å²) >= 11 is 6.19. The zero-order valence-electron chi connectivity index (χ0n) is 16.0. The van der Waals surface area contributed by atoms with Crippen molar-refractivity contribution in [2.45, 2.75) is 20.0 Å². The van der Waals surface area contributed by atoms with Gasteiger partial charge in [0, 0.05) is 0 Å². The summed E-state index contributed by atoms with van der Waals surface area (Å²) in [5.41, 5.74) is 0. The number of rotatable bonds is 8. The van der Waals surface area contributed by atoms with Crippen LogP contribution in [-0.4, -0.2) is 12.3 Å². The van der Waals surface area contributed by atoms with Crippen molar-refractivity contribution >= 4 is 67.5 Å². The first-order chi connectivity index (χ1) is 13.5. The van der Waals surface area contributed by atoms with Crippen LogP contribution in [0.3, 0.4) is 0 Å². The molecule has 0 unspecified atom stereocenters. The van der Waals surface area contributed by atoms with E-state index in [0.29, 0.717) is 5.92 Å². The third-order valence-electron chi connectivity index (χ3n) is 5.50. The Morgan fingerprint density at radius 1 is 0.786 bits per heavy atom. The van der Waals surface area contributed by atoms with Gasteiger partial charge >= 0.3 is 195 Å². The maximum atomic E-state index is 5.85. The van der Waals surface area contributed by atoms with Crippen molar-refractivity contribution in [3.05, 3.63) is 91.0 Å². The molecule has 5 heteroatoms. The van der Waals surface area contributed by atoms with Crippen molar-refractivity contribution < 1.29 is 4.18 Å². The van der Waals surface area contributed by atoms with Crippen LogP contribution in [0.15, 0.2) is 91.0 Å². The van der Waals surface area contributed by atoms with Gasteiger partial charge in [0.2, 0.25) is 0 Å². The fourth-order valence-corrected chi connectivity index (χ4v) is 14.9. The standard InChI is InChI=1S/C23H25BrIOPS/c1-19(20(2)26-28-24)18-27(25,21-12-6-3-7-13-21,22-14-8-4-9-15-22)23-16-10-5-11-17-23/h3-17,19-20H,18H2,1-2H3/t19-,20+/m1/s1.